The highest BCUT2D eigenvalue weighted by atomic mass is 32.2. The van der Waals surface area contributed by atoms with Crippen LogP contribution in [0.15, 0.2) is 29.2 Å². The minimum Gasteiger partial charge on any atom is -0.351 e. The molecular formula is C17H20N4OS. The van der Waals surface area contributed by atoms with Gasteiger partial charge in [0.1, 0.15) is 11.6 Å². The van der Waals surface area contributed by atoms with Crippen LogP contribution in [0.4, 0.5) is 0 Å². The Morgan fingerprint density at radius 3 is 3.09 bits per heavy atom. The molecule has 0 bridgehead atoms. The number of carbonyl (C=O) groups excluding carboxylic acids is 1. The molecule has 0 unspecified atom stereocenters. The quantitative estimate of drug-likeness (QED) is 0.936. The summed E-state index contributed by atoms with van der Waals surface area (Å²) in [6, 6.07) is 8.48. The van der Waals surface area contributed by atoms with E-state index in [1.165, 1.54) is 10.5 Å². The summed E-state index contributed by atoms with van der Waals surface area (Å²) in [6.07, 6.45) is 3.53. The maximum Gasteiger partial charge on any atom is 0.234 e. The standard InChI is InChI=1S/C17H20N4OS/c1-2-15-19-20-16-8-7-12(10-21(15)16)18-17(22)14-9-11-5-3-4-6-13(11)23-14/h3-6,12,14H,2,7-10H2,1H3,(H,18,22)/t12-,14+/m1/s1. The minimum atomic E-state index is 0.000328. The van der Waals surface area contributed by atoms with Crippen molar-refractivity contribution in [2.45, 2.75) is 55.3 Å². The molecule has 6 heteroatoms. The van der Waals surface area contributed by atoms with Gasteiger partial charge in [-0.1, -0.05) is 25.1 Å². The molecule has 23 heavy (non-hydrogen) atoms. The van der Waals surface area contributed by atoms with E-state index in [4.69, 9.17) is 0 Å². The molecule has 0 saturated heterocycles. The maximum atomic E-state index is 12.6. The number of aryl methyl sites for hydroxylation is 2. The van der Waals surface area contributed by atoms with E-state index in [9.17, 15) is 4.79 Å². The number of benzene rings is 1. The van der Waals surface area contributed by atoms with Crippen LogP contribution in [-0.4, -0.2) is 32.0 Å². The summed E-state index contributed by atoms with van der Waals surface area (Å²) in [5.74, 6) is 2.22. The number of nitrogens with zero attached hydrogens (tertiary/aromatic N) is 3. The fourth-order valence-electron chi connectivity index (χ4n) is 3.38. The third-order valence-electron chi connectivity index (χ3n) is 4.63. The van der Waals surface area contributed by atoms with Gasteiger partial charge in [0.25, 0.3) is 0 Å². The number of amides is 1. The molecule has 0 aliphatic carbocycles. The van der Waals surface area contributed by atoms with E-state index in [1.807, 2.05) is 12.1 Å². The fourth-order valence-corrected chi connectivity index (χ4v) is 4.59. The van der Waals surface area contributed by atoms with Crippen molar-refractivity contribution < 1.29 is 4.79 Å². The largest absolute Gasteiger partial charge is 0.351 e. The van der Waals surface area contributed by atoms with Crippen LogP contribution in [0.5, 0.6) is 0 Å². The fraction of sp³-hybridized carbons (Fsp3) is 0.471. The summed E-state index contributed by atoms with van der Waals surface area (Å²) < 4.78 is 2.17. The zero-order chi connectivity index (χ0) is 15.8. The third kappa shape index (κ3) is 2.76. The number of nitrogens with one attached hydrogen (secondary N) is 1. The molecule has 1 aromatic heterocycles. The molecule has 2 atom stereocenters. The second-order valence-electron chi connectivity index (χ2n) is 6.16. The normalized spacial score (nSPS) is 22.5. The summed E-state index contributed by atoms with van der Waals surface area (Å²) in [5, 5.41) is 11.7. The topological polar surface area (TPSA) is 59.8 Å². The first-order chi connectivity index (χ1) is 11.2. The van der Waals surface area contributed by atoms with Crippen molar-refractivity contribution in [3.05, 3.63) is 41.5 Å². The van der Waals surface area contributed by atoms with Gasteiger partial charge in [-0.25, -0.2) is 0 Å². The van der Waals surface area contributed by atoms with Crippen molar-refractivity contribution in [2.75, 3.05) is 0 Å². The lowest BCUT2D eigenvalue weighted by Crippen LogP contribution is -2.44. The molecule has 0 spiro atoms. The van der Waals surface area contributed by atoms with Crippen LogP contribution in [0, 0.1) is 0 Å². The van der Waals surface area contributed by atoms with Gasteiger partial charge in [-0.05, 0) is 24.5 Å². The Morgan fingerprint density at radius 1 is 1.39 bits per heavy atom. The monoisotopic (exact) mass is 328 g/mol. The molecule has 2 aliphatic heterocycles. The Labute approximate surface area is 139 Å². The number of hydrogen-bond donors (Lipinski definition) is 1. The Bertz CT molecular complexity index is 703. The lowest BCUT2D eigenvalue weighted by molar-refractivity contribution is -0.121. The Hall–Kier alpha value is -1.82. The Morgan fingerprint density at radius 2 is 2.26 bits per heavy atom. The Kier molecular flexibility index (Phi) is 3.85. The van der Waals surface area contributed by atoms with E-state index in [2.05, 4.69) is 39.1 Å². The predicted molar refractivity (Wildman–Crippen MR) is 89.4 cm³/mol. The molecule has 2 aromatic rings. The number of aromatic nitrogens is 3. The number of hydrogen-bond acceptors (Lipinski definition) is 4. The van der Waals surface area contributed by atoms with Crippen LogP contribution < -0.4 is 5.32 Å². The number of carbonyl (C=O) groups is 1. The average molecular weight is 328 g/mol. The predicted octanol–water partition coefficient (Wildman–Crippen LogP) is 1.99. The summed E-state index contributed by atoms with van der Waals surface area (Å²) >= 11 is 1.68. The van der Waals surface area contributed by atoms with Gasteiger partial charge in [0.05, 0.1) is 5.25 Å². The summed E-state index contributed by atoms with van der Waals surface area (Å²) in [6.45, 7) is 2.88. The van der Waals surface area contributed by atoms with E-state index >= 15 is 0 Å². The van der Waals surface area contributed by atoms with Crippen molar-refractivity contribution in [2.24, 2.45) is 0 Å². The summed E-state index contributed by atoms with van der Waals surface area (Å²) in [7, 11) is 0. The van der Waals surface area contributed by atoms with Crippen LogP contribution in [0.25, 0.3) is 0 Å². The maximum absolute atomic E-state index is 12.6. The molecule has 120 valence electrons. The van der Waals surface area contributed by atoms with E-state index in [0.717, 1.165) is 43.9 Å². The van der Waals surface area contributed by atoms with Crippen LogP contribution in [0.3, 0.4) is 0 Å². The van der Waals surface area contributed by atoms with Gasteiger partial charge in [0, 0.05) is 30.3 Å². The van der Waals surface area contributed by atoms with Gasteiger partial charge in [-0.15, -0.1) is 22.0 Å². The third-order valence-corrected chi connectivity index (χ3v) is 5.94. The van der Waals surface area contributed by atoms with Gasteiger partial charge in [0.2, 0.25) is 5.91 Å². The molecule has 0 saturated carbocycles. The average Bonchev–Trinajstić information content (AvgIpc) is 3.18. The van der Waals surface area contributed by atoms with Crippen LogP contribution in [0.1, 0.15) is 30.6 Å². The number of thioether (sulfide) groups is 1. The summed E-state index contributed by atoms with van der Waals surface area (Å²) in [4.78, 5) is 13.9. The van der Waals surface area contributed by atoms with E-state index in [1.54, 1.807) is 11.8 Å². The molecule has 0 fully saturated rings. The van der Waals surface area contributed by atoms with Crippen molar-refractivity contribution in [1.29, 1.82) is 0 Å². The van der Waals surface area contributed by atoms with Crippen molar-refractivity contribution in [1.82, 2.24) is 20.1 Å². The van der Waals surface area contributed by atoms with Crippen LogP contribution in [0.2, 0.25) is 0 Å². The van der Waals surface area contributed by atoms with Crippen LogP contribution in [-0.2, 0) is 30.6 Å². The van der Waals surface area contributed by atoms with Gasteiger partial charge < -0.3 is 9.88 Å². The molecule has 1 N–H and O–H groups in total. The molecule has 5 nitrogen and oxygen atoms in total. The number of fused-ring (bicyclic) bond motifs is 2. The highest BCUT2D eigenvalue weighted by Gasteiger charge is 2.30. The van der Waals surface area contributed by atoms with E-state index < -0.39 is 0 Å². The zero-order valence-electron chi connectivity index (χ0n) is 13.2. The highest BCUT2D eigenvalue weighted by molar-refractivity contribution is 8.01. The molecule has 1 amide bonds. The van der Waals surface area contributed by atoms with Gasteiger partial charge in [-0.2, -0.15) is 0 Å². The lowest BCUT2D eigenvalue weighted by atomic mass is 10.1. The van der Waals surface area contributed by atoms with E-state index in [-0.39, 0.29) is 17.2 Å². The van der Waals surface area contributed by atoms with Gasteiger partial charge >= 0.3 is 0 Å². The van der Waals surface area contributed by atoms with Crippen LogP contribution >= 0.6 is 11.8 Å². The van der Waals surface area contributed by atoms with Crippen molar-refractivity contribution in [3.8, 4) is 0 Å². The SMILES string of the molecule is CCc1nnc2n1C[C@H](NC(=O)[C@@H]1Cc3ccccc3S1)CC2. The molecule has 4 rings (SSSR count). The molecular weight excluding hydrogens is 308 g/mol. The van der Waals surface area contributed by atoms with Gasteiger partial charge in [0.15, 0.2) is 0 Å². The van der Waals surface area contributed by atoms with Gasteiger partial charge in [-0.3, -0.25) is 4.79 Å². The minimum absolute atomic E-state index is 0.000328. The van der Waals surface area contributed by atoms with Crippen molar-refractivity contribution in [3.63, 3.8) is 0 Å². The zero-order valence-corrected chi connectivity index (χ0v) is 14.0. The second kappa shape index (κ2) is 6.00. The smallest absolute Gasteiger partial charge is 0.234 e. The first kappa shape index (κ1) is 14.8. The molecule has 3 heterocycles. The highest BCUT2D eigenvalue weighted by Crippen LogP contribution is 2.36. The first-order valence-electron chi connectivity index (χ1n) is 8.20. The first-order valence-corrected chi connectivity index (χ1v) is 9.08. The second-order valence-corrected chi connectivity index (χ2v) is 7.40. The Balaban J connectivity index is 1.41. The summed E-state index contributed by atoms with van der Waals surface area (Å²) in [5.41, 5.74) is 1.29. The molecule has 0 radical (unpaired) electrons. The molecule has 1 aromatic carbocycles. The lowest BCUT2D eigenvalue weighted by Gasteiger charge is -2.26. The van der Waals surface area contributed by atoms with Crippen molar-refractivity contribution >= 4 is 17.7 Å². The molecule has 2 aliphatic rings. The number of rotatable bonds is 3. The van der Waals surface area contributed by atoms with E-state index in [0.29, 0.717) is 0 Å².